The number of hydrogen-bond acceptors (Lipinski definition) is 4. The third-order valence-corrected chi connectivity index (χ3v) is 5.33. The highest BCUT2D eigenvalue weighted by molar-refractivity contribution is 7.89. The van der Waals surface area contributed by atoms with Crippen LogP contribution in [0.15, 0.2) is 23.1 Å². The minimum absolute atomic E-state index is 0.0179. The highest BCUT2D eigenvalue weighted by Crippen LogP contribution is 2.29. The lowest BCUT2D eigenvalue weighted by atomic mass is 10.1. The molecule has 0 amide bonds. The number of sulfonamides is 1. The number of carbonyl (C=O) groups is 1. The van der Waals surface area contributed by atoms with E-state index in [1.807, 2.05) is 18.7 Å². The van der Waals surface area contributed by atoms with Crippen LogP contribution in [-0.2, 0) is 10.0 Å². The fourth-order valence-corrected chi connectivity index (χ4v) is 4.08. The molecule has 0 aromatic heterocycles. The molecule has 1 saturated heterocycles. The van der Waals surface area contributed by atoms with Gasteiger partial charge in [0.25, 0.3) is 0 Å². The number of nitrogens with zero attached hydrogens (tertiary/aromatic N) is 1. The normalized spacial score (nSPS) is 15.9. The van der Waals surface area contributed by atoms with Crippen LogP contribution < -0.4 is 9.62 Å². The molecule has 2 rings (SSSR count). The van der Waals surface area contributed by atoms with Crippen LogP contribution in [-0.4, -0.2) is 39.1 Å². The van der Waals surface area contributed by atoms with Gasteiger partial charge in [-0.25, -0.2) is 17.9 Å². The summed E-state index contributed by atoms with van der Waals surface area (Å²) in [6.07, 6.45) is 3.16. The van der Waals surface area contributed by atoms with E-state index in [-0.39, 0.29) is 16.4 Å². The maximum atomic E-state index is 12.6. The monoisotopic (exact) mass is 340 g/mol. The lowest BCUT2D eigenvalue weighted by Crippen LogP contribution is -2.33. The Labute approximate surface area is 137 Å². The highest BCUT2D eigenvalue weighted by Gasteiger charge is 2.24. The molecular weight excluding hydrogens is 316 g/mol. The summed E-state index contributed by atoms with van der Waals surface area (Å²) >= 11 is 0. The number of carboxylic acids is 1. The molecular formula is C16H24N2O4S. The lowest BCUT2D eigenvalue weighted by molar-refractivity contribution is 0.0696. The summed E-state index contributed by atoms with van der Waals surface area (Å²) in [5, 5.41) is 9.17. The minimum atomic E-state index is -3.75. The molecule has 0 aliphatic carbocycles. The van der Waals surface area contributed by atoms with E-state index < -0.39 is 16.0 Å². The quantitative estimate of drug-likeness (QED) is 0.830. The Kier molecular flexibility index (Phi) is 5.64. The summed E-state index contributed by atoms with van der Waals surface area (Å²) in [6.45, 7) is 5.74. The first-order valence-electron chi connectivity index (χ1n) is 7.93. The van der Waals surface area contributed by atoms with Gasteiger partial charge in [0.1, 0.15) is 4.90 Å². The van der Waals surface area contributed by atoms with Crippen LogP contribution in [0.1, 0.15) is 43.5 Å². The van der Waals surface area contributed by atoms with Crippen molar-refractivity contribution in [2.24, 2.45) is 5.92 Å². The largest absolute Gasteiger partial charge is 0.478 e. The van der Waals surface area contributed by atoms with Crippen LogP contribution in [0.3, 0.4) is 0 Å². The number of nitrogens with one attached hydrogen (secondary N) is 1. The number of rotatable bonds is 6. The van der Waals surface area contributed by atoms with Gasteiger partial charge in [-0.15, -0.1) is 0 Å². The van der Waals surface area contributed by atoms with E-state index in [0.717, 1.165) is 32.4 Å². The van der Waals surface area contributed by atoms with Gasteiger partial charge in [-0.05, 0) is 43.4 Å². The van der Waals surface area contributed by atoms with Crippen molar-refractivity contribution >= 4 is 21.7 Å². The third kappa shape index (κ3) is 4.45. The van der Waals surface area contributed by atoms with Gasteiger partial charge in [-0.3, -0.25) is 0 Å². The Morgan fingerprint density at radius 2 is 1.91 bits per heavy atom. The highest BCUT2D eigenvalue weighted by atomic mass is 32.2. The Hall–Kier alpha value is -1.60. The predicted molar refractivity (Wildman–Crippen MR) is 89.5 cm³/mol. The van der Waals surface area contributed by atoms with E-state index in [4.69, 9.17) is 5.11 Å². The molecule has 1 aliphatic heterocycles. The number of anilines is 1. The zero-order valence-electron chi connectivity index (χ0n) is 13.6. The molecule has 0 bridgehead atoms. The fraction of sp³-hybridized carbons (Fsp3) is 0.562. The fourth-order valence-electron chi connectivity index (χ4n) is 2.61. The number of carboxylic acid groups (broad SMARTS) is 1. The minimum Gasteiger partial charge on any atom is -0.478 e. The molecule has 0 atom stereocenters. The number of aromatic carboxylic acids is 1. The van der Waals surface area contributed by atoms with Gasteiger partial charge in [-0.1, -0.05) is 13.8 Å². The van der Waals surface area contributed by atoms with Crippen molar-refractivity contribution in [1.29, 1.82) is 0 Å². The first-order chi connectivity index (χ1) is 10.8. The van der Waals surface area contributed by atoms with Crippen LogP contribution in [0.4, 0.5) is 5.69 Å². The van der Waals surface area contributed by atoms with Gasteiger partial charge in [0, 0.05) is 19.6 Å². The SMILES string of the molecule is CC(C)CNS(=O)(=O)c1cc(C(=O)O)ccc1N1CCCCC1. The van der Waals surface area contributed by atoms with Crippen LogP contribution in [0.2, 0.25) is 0 Å². The van der Waals surface area contributed by atoms with Gasteiger partial charge >= 0.3 is 5.97 Å². The molecule has 1 aromatic carbocycles. The zero-order chi connectivity index (χ0) is 17.0. The van der Waals surface area contributed by atoms with E-state index in [9.17, 15) is 13.2 Å². The Morgan fingerprint density at radius 1 is 1.26 bits per heavy atom. The van der Waals surface area contributed by atoms with Crippen LogP contribution in [0.5, 0.6) is 0 Å². The molecule has 23 heavy (non-hydrogen) atoms. The maximum Gasteiger partial charge on any atom is 0.335 e. The standard InChI is InChI=1S/C16H24N2O4S/c1-12(2)11-17-23(21,22)15-10-13(16(19)20)6-7-14(15)18-8-4-3-5-9-18/h6-7,10,12,17H,3-5,8-9,11H2,1-2H3,(H,19,20). The van der Waals surface area contributed by atoms with Gasteiger partial charge in [-0.2, -0.15) is 0 Å². The smallest absolute Gasteiger partial charge is 0.335 e. The van der Waals surface area contributed by atoms with Crippen molar-refractivity contribution in [2.45, 2.75) is 38.0 Å². The van der Waals surface area contributed by atoms with E-state index in [1.54, 1.807) is 6.07 Å². The second kappa shape index (κ2) is 7.31. The second-order valence-corrected chi connectivity index (χ2v) is 8.02. The maximum absolute atomic E-state index is 12.6. The van der Waals surface area contributed by atoms with Gasteiger partial charge < -0.3 is 10.0 Å². The average Bonchev–Trinajstić information content (AvgIpc) is 2.53. The number of hydrogen-bond donors (Lipinski definition) is 2. The Bertz CT molecular complexity index is 665. The lowest BCUT2D eigenvalue weighted by Gasteiger charge is -2.30. The molecule has 1 aromatic rings. The summed E-state index contributed by atoms with van der Waals surface area (Å²) in [5.74, 6) is -0.957. The van der Waals surface area contributed by atoms with Gasteiger partial charge in [0.05, 0.1) is 11.3 Å². The van der Waals surface area contributed by atoms with Gasteiger partial charge in [0.2, 0.25) is 10.0 Å². The van der Waals surface area contributed by atoms with Crippen molar-refractivity contribution in [3.8, 4) is 0 Å². The molecule has 0 spiro atoms. The molecule has 2 N–H and O–H groups in total. The summed E-state index contributed by atoms with van der Waals surface area (Å²) in [5.41, 5.74) is 0.571. The van der Waals surface area contributed by atoms with Crippen molar-refractivity contribution in [3.63, 3.8) is 0 Å². The molecule has 0 radical (unpaired) electrons. The van der Waals surface area contributed by atoms with E-state index in [1.165, 1.54) is 12.1 Å². The predicted octanol–water partition coefficient (Wildman–Crippen LogP) is 2.31. The summed E-state index contributed by atoms with van der Waals surface area (Å²) in [7, 11) is -3.75. The number of piperidine rings is 1. The van der Waals surface area contributed by atoms with E-state index in [0.29, 0.717) is 12.2 Å². The average molecular weight is 340 g/mol. The Balaban J connectivity index is 2.43. The third-order valence-electron chi connectivity index (χ3n) is 3.87. The molecule has 1 heterocycles. The van der Waals surface area contributed by atoms with E-state index in [2.05, 4.69) is 4.72 Å². The van der Waals surface area contributed by atoms with Crippen molar-refractivity contribution in [3.05, 3.63) is 23.8 Å². The molecule has 6 nitrogen and oxygen atoms in total. The van der Waals surface area contributed by atoms with E-state index >= 15 is 0 Å². The Morgan fingerprint density at radius 3 is 2.48 bits per heavy atom. The molecule has 1 aliphatic rings. The van der Waals surface area contributed by atoms with Crippen molar-refractivity contribution in [1.82, 2.24) is 4.72 Å². The zero-order valence-corrected chi connectivity index (χ0v) is 14.4. The number of benzene rings is 1. The summed E-state index contributed by atoms with van der Waals surface area (Å²) in [6, 6.07) is 4.33. The molecule has 0 unspecified atom stereocenters. The summed E-state index contributed by atoms with van der Waals surface area (Å²) < 4.78 is 27.9. The first kappa shape index (κ1) is 17.7. The van der Waals surface area contributed by atoms with Crippen molar-refractivity contribution in [2.75, 3.05) is 24.5 Å². The second-order valence-electron chi connectivity index (χ2n) is 6.28. The van der Waals surface area contributed by atoms with Crippen LogP contribution in [0, 0.1) is 5.92 Å². The van der Waals surface area contributed by atoms with Crippen LogP contribution >= 0.6 is 0 Å². The summed E-state index contributed by atoms with van der Waals surface area (Å²) in [4.78, 5) is 13.3. The molecule has 7 heteroatoms. The first-order valence-corrected chi connectivity index (χ1v) is 9.41. The molecule has 128 valence electrons. The molecule has 0 saturated carbocycles. The topological polar surface area (TPSA) is 86.7 Å². The molecule has 1 fully saturated rings. The van der Waals surface area contributed by atoms with Crippen LogP contribution in [0.25, 0.3) is 0 Å². The van der Waals surface area contributed by atoms with Crippen molar-refractivity contribution < 1.29 is 18.3 Å². The van der Waals surface area contributed by atoms with Gasteiger partial charge in [0.15, 0.2) is 0 Å².